The lowest BCUT2D eigenvalue weighted by atomic mass is 10.1. The normalized spacial score (nSPS) is 11.9. The van der Waals surface area contributed by atoms with Crippen LogP contribution in [0.1, 0.15) is 38.0 Å². The van der Waals surface area contributed by atoms with Gasteiger partial charge in [0.1, 0.15) is 6.04 Å². The quantitative estimate of drug-likeness (QED) is 0.173. The molecule has 0 saturated carbocycles. The van der Waals surface area contributed by atoms with Crippen molar-refractivity contribution >= 4 is 33.3 Å². The van der Waals surface area contributed by atoms with Gasteiger partial charge in [-0.25, -0.2) is 5.48 Å². The first-order chi connectivity index (χ1) is 16.5. The lowest BCUT2D eigenvalue weighted by molar-refractivity contribution is -0.139. The standard InChI is InChI=1S/C26H25N3O4S/c30-25(29-33)23-13-21-11-10-19(12-22(21)34-23)15-27-14-17-6-8-18(9-7-17)16-28-24(26(31)32)20-4-2-1-3-5-20/h1-13,24,27-28,33H,14-16H2,(H,29,30)(H,31,32)/t24-/m0/s1. The maximum absolute atomic E-state index is 11.6. The van der Waals surface area contributed by atoms with E-state index in [1.54, 1.807) is 11.5 Å². The Morgan fingerprint density at radius 3 is 2.15 bits per heavy atom. The first-order valence-electron chi connectivity index (χ1n) is 10.8. The third-order valence-electron chi connectivity index (χ3n) is 5.48. The van der Waals surface area contributed by atoms with Crippen molar-refractivity contribution in [1.82, 2.24) is 16.1 Å². The van der Waals surface area contributed by atoms with E-state index in [0.29, 0.717) is 24.5 Å². The van der Waals surface area contributed by atoms with Gasteiger partial charge in [0.2, 0.25) is 0 Å². The molecule has 5 N–H and O–H groups in total. The van der Waals surface area contributed by atoms with Gasteiger partial charge in [-0.15, -0.1) is 11.3 Å². The zero-order valence-electron chi connectivity index (χ0n) is 18.3. The summed E-state index contributed by atoms with van der Waals surface area (Å²) in [5.74, 6) is -1.40. The van der Waals surface area contributed by atoms with Crippen LogP contribution in [-0.2, 0) is 24.4 Å². The molecule has 0 aliphatic rings. The van der Waals surface area contributed by atoms with Gasteiger partial charge in [0.05, 0.1) is 4.88 Å². The molecule has 0 aliphatic carbocycles. The van der Waals surface area contributed by atoms with Crippen molar-refractivity contribution in [2.45, 2.75) is 25.7 Å². The Bertz CT molecular complexity index is 1270. The highest BCUT2D eigenvalue weighted by Crippen LogP contribution is 2.26. The number of fused-ring (bicyclic) bond motifs is 1. The molecule has 0 saturated heterocycles. The van der Waals surface area contributed by atoms with Crippen molar-refractivity contribution in [1.29, 1.82) is 0 Å². The Morgan fingerprint density at radius 2 is 1.47 bits per heavy atom. The molecular weight excluding hydrogens is 450 g/mol. The van der Waals surface area contributed by atoms with Crippen LogP contribution in [0.5, 0.6) is 0 Å². The van der Waals surface area contributed by atoms with Gasteiger partial charge in [-0.2, -0.15) is 0 Å². The van der Waals surface area contributed by atoms with Crippen LogP contribution in [-0.4, -0.2) is 22.2 Å². The number of nitrogens with one attached hydrogen (secondary N) is 3. The molecule has 34 heavy (non-hydrogen) atoms. The number of carboxylic acids is 1. The van der Waals surface area contributed by atoms with E-state index in [0.717, 1.165) is 32.3 Å². The van der Waals surface area contributed by atoms with Crippen LogP contribution in [0, 0.1) is 0 Å². The van der Waals surface area contributed by atoms with E-state index in [-0.39, 0.29) is 0 Å². The van der Waals surface area contributed by atoms with E-state index in [9.17, 15) is 14.7 Å². The van der Waals surface area contributed by atoms with Gasteiger partial charge in [-0.1, -0.05) is 66.7 Å². The molecule has 4 rings (SSSR count). The van der Waals surface area contributed by atoms with E-state index in [2.05, 4.69) is 10.6 Å². The molecule has 0 fully saturated rings. The van der Waals surface area contributed by atoms with Crippen molar-refractivity contribution in [2.75, 3.05) is 0 Å². The Labute approximate surface area is 201 Å². The number of amides is 1. The Balaban J connectivity index is 1.29. The smallest absolute Gasteiger partial charge is 0.325 e. The summed E-state index contributed by atoms with van der Waals surface area (Å²) in [7, 11) is 0. The second kappa shape index (κ2) is 11.0. The molecule has 1 atom stereocenters. The zero-order valence-corrected chi connectivity index (χ0v) is 19.1. The van der Waals surface area contributed by atoms with Gasteiger partial charge < -0.3 is 10.4 Å². The van der Waals surface area contributed by atoms with E-state index in [4.69, 9.17) is 5.21 Å². The summed E-state index contributed by atoms with van der Waals surface area (Å²) in [4.78, 5) is 23.7. The molecule has 0 unspecified atom stereocenters. The number of rotatable bonds is 10. The lowest BCUT2D eigenvalue weighted by Gasteiger charge is -2.15. The summed E-state index contributed by atoms with van der Waals surface area (Å²) < 4.78 is 0.991. The molecule has 1 aromatic heterocycles. The summed E-state index contributed by atoms with van der Waals surface area (Å²) in [5, 5.41) is 25.8. The van der Waals surface area contributed by atoms with Gasteiger partial charge >= 0.3 is 5.97 Å². The number of carbonyl (C=O) groups excluding carboxylic acids is 1. The molecule has 4 aromatic rings. The highest BCUT2D eigenvalue weighted by atomic mass is 32.1. The monoisotopic (exact) mass is 475 g/mol. The van der Waals surface area contributed by atoms with E-state index in [1.165, 1.54) is 11.3 Å². The van der Waals surface area contributed by atoms with Crippen molar-refractivity contribution < 1.29 is 19.9 Å². The fraction of sp³-hybridized carbons (Fsp3) is 0.154. The third-order valence-corrected chi connectivity index (χ3v) is 6.58. The molecule has 174 valence electrons. The molecule has 0 bridgehead atoms. The summed E-state index contributed by atoms with van der Waals surface area (Å²) >= 11 is 1.34. The maximum Gasteiger partial charge on any atom is 0.325 e. The number of thiophene rings is 1. The molecule has 0 radical (unpaired) electrons. The average Bonchev–Trinajstić information content (AvgIpc) is 3.28. The summed E-state index contributed by atoms with van der Waals surface area (Å²) in [6, 6.07) is 24.3. The Morgan fingerprint density at radius 1 is 0.824 bits per heavy atom. The van der Waals surface area contributed by atoms with E-state index >= 15 is 0 Å². The van der Waals surface area contributed by atoms with Crippen molar-refractivity contribution in [3.05, 3.63) is 106 Å². The summed E-state index contributed by atoms with van der Waals surface area (Å²) in [6.45, 7) is 1.82. The third kappa shape index (κ3) is 5.86. The van der Waals surface area contributed by atoms with Gasteiger partial charge in [-0.3, -0.25) is 20.1 Å². The number of carboxylic acid groups (broad SMARTS) is 1. The van der Waals surface area contributed by atoms with Crippen LogP contribution in [0.3, 0.4) is 0 Å². The molecule has 0 aliphatic heterocycles. The summed E-state index contributed by atoms with van der Waals surface area (Å²) in [5.41, 5.74) is 5.63. The van der Waals surface area contributed by atoms with Crippen LogP contribution < -0.4 is 16.1 Å². The van der Waals surface area contributed by atoms with E-state index in [1.807, 2.05) is 72.8 Å². The van der Waals surface area contributed by atoms with Crippen LogP contribution >= 0.6 is 11.3 Å². The highest BCUT2D eigenvalue weighted by molar-refractivity contribution is 7.20. The molecule has 1 amide bonds. The first-order valence-corrected chi connectivity index (χ1v) is 11.6. The number of carbonyl (C=O) groups is 2. The van der Waals surface area contributed by atoms with Crippen LogP contribution in [0.2, 0.25) is 0 Å². The van der Waals surface area contributed by atoms with E-state index < -0.39 is 17.9 Å². The average molecular weight is 476 g/mol. The second-order valence-electron chi connectivity index (χ2n) is 7.91. The predicted octanol–water partition coefficient (Wildman–Crippen LogP) is 4.23. The Kier molecular flexibility index (Phi) is 7.66. The Hall–Kier alpha value is -3.56. The lowest BCUT2D eigenvalue weighted by Crippen LogP contribution is -2.28. The first kappa shape index (κ1) is 23.6. The molecule has 1 heterocycles. The van der Waals surface area contributed by atoms with Gasteiger partial charge in [0.25, 0.3) is 5.91 Å². The number of aliphatic carboxylic acids is 1. The number of hydroxylamine groups is 1. The molecule has 7 nitrogen and oxygen atoms in total. The molecule has 8 heteroatoms. The van der Waals surface area contributed by atoms with Crippen molar-refractivity contribution in [2.24, 2.45) is 0 Å². The van der Waals surface area contributed by atoms with Gasteiger partial charge in [-0.05, 0) is 39.8 Å². The minimum atomic E-state index is -0.902. The molecule has 3 aromatic carbocycles. The zero-order chi connectivity index (χ0) is 23.9. The predicted molar refractivity (Wildman–Crippen MR) is 132 cm³/mol. The number of hydrogen-bond donors (Lipinski definition) is 5. The van der Waals surface area contributed by atoms with Crippen LogP contribution in [0.15, 0.2) is 78.9 Å². The minimum Gasteiger partial charge on any atom is -0.480 e. The van der Waals surface area contributed by atoms with Gasteiger partial charge in [0.15, 0.2) is 0 Å². The highest BCUT2D eigenvalue weighted by Gasteiger charge is 2.18. The SMILES string of the molecule is O=C(NO)c1cc2ccc(CNCc3ccc(CN[C@H](C(=O)O)c4ccccc4)cc3)cc2s1. The largest absolute Gasteiger partial charge is 0.480 e. The maximum atomic E-state index is 11.6. The minimum absolute atomic E-state index is 0.455. The van der Waals surface area contributed by atoms with Crippen LogP contribution in [0.25, 0.3) is 10.1 Å². The fourth-order valence-corrected chi connectivity index (χ4v) is 4.71. The van der Waals surface area contributed by atoms with Gasteiger partial charge in [0, 0.05) is 24.3 Å². The number of benzene rings is 3. The second-order valence-corrected chi connectivity index (χ2v) is 8.99. The summed E-state index contributed by atoms with van der Waals surface area (Å²) in [6.07, 6.45) is 0. The molecule has 0 spiro atoms. The van der Waals surface area contributed by atoms with Crippen LogP contribution in [0.4, 0.5) is 0 Å². The van der Waals surface area contributed by atoms with Crippen molar-refractivity contribution in [3.8, 4) is 0 Å². The number of hydrogen-bond acceptors (Lipinski definition) is 6. The topological polar surface area (TPSA) is 111 Å². The fourth-order valence-electron chi connectivity index (χ4n) is 3.69. The van der Waals surface area contributed by atoms with Crippen molar-refractivity contribution in [3.63, 3.8) is 0 Å². The molecular formula is C26H25N3O4S.